The smallest absolute Gasteiger partial charge is 0.269 e. The summed E-state index contributed by atoms with van der Waals surface area (Å²) < 4.78 is 0.852. The van der Waals surface area contributed by atoms with Crippen LogP contribution in [-0.4, -0.2) is 48.8 Å². The summed E-state index contributed by atoms with van der Waals surface area (Å²) in [5.41, 5.74) is 4.72. The normalized spacial score (nSPS) is 22.1. The van der Waals surface area contributed by atoms with Gasteiger partial charge in [0.15, 0.2) is 0 Å². The van der Waals surface area contributed by atoms with Crippen molar-refractivity contribution in [1.82, 2.24) is 14.9 Å². The van der Waals surface area contributed by atoms with Crippen molar-refractivity contribution >= 4 is 39.1 Å². The Morgan fingerprint density at radius 1 is 1.03 bits per heavy atom. The molecule has 0 bridgehead atoms. The van der Waals surface area contributed by atoms with E-state index in [4.69, 9.17) is 0 Å². The number of pyridine rings is 1. The molecule has 2 N–H and O–H groups in total. The summed E-state index contributed by atoms with van der Waals surface area (Å²) in [6.45, 7) is 0.0324. The first-order valence-corrected chi connectivity index (χ1v) is 12.3. The third kappa shape index (κ3) is 4.88. The predicted molar refractivity (Wildman–Crippen MR) is 138 cm³/mol. The number of carbonyl (C=O) groups is 2. The van der Waals surface area contributed by atoms with Crippen molar-refractivity contribution in [2.24, 2.45) is 5.92 Å². The molecule has 0 radical (unpaired) electrons. The summed E-state index contributed by atoms with van der Waals surface area (Å²) in [5, 5.41) is 24.0. The molecule has 4 atom stereocenters. The lowest BCUT2D eigenvalue weighted by Gasteiger charge is -2.40. The Kier molecular flexibility index (Phi) is 6.83. The van der Waals surface area contributed by atoms with Crippen molar-refractivity contribution in [3.63, 3.8) is 0 Å². The fourth-order valence-electron chi connectivity index (χ4n) is 4.60. The molecule has 0 spiro atoms. The highest BCUT2D eigenvalue weighted by Crippen LogP contribution is 2.37. The molecule has 5 rings (SSSR count). The molecule has 10 nitrogen and oxygen atoms in total. The second-order valence-corrected chi connectivity index (χ2v) is 9.66. The van der Waals surface area contributed by atoms with E-state index >= 15 is 0 Å². The number of nitrogens with zero attached hydrogens (tertiary/aromatic N) is 4. The lowest BCUT2D eigenvalue weighted by atomic mass is 9.90. The molecule has 3 unspecified atom stereocenters. The number of hydrogen-bond donors (Lipinski definition) is 2. The molecule has 1 fully saturated rings. The second-order valence-electron chi connectivity index (χ2n) is 8.75. The largest absolute Gasteiger partial charge is 0.386 e. The van der Waals surface area contributed by atoms with Gasteiger partial charge >= 0.3 is 0 Å². The van der Waals surface area contributed by atoms with Crippen LogP contribution in [0, 0.1) is 16.0 Å². The van der Waals surface area contributed by atoms with Gasteiger partial charge in [-0.25, -0.2) is 5.01 Å². The molecule has 3 aromatic rings. The molecule has 188 valence electrons. The Labute approximate surface area is 220 Å². The van der Waals surface area contributed by atoms with Crippen molar-refractivity contribution in [2.45, 2.75) is 24.7 Å². The first kappa shape index (κ1) is 24.8. The van der Waals surface area contributed by atoms with Gasteiger partial charge in [-0.05, 0) is 42.0 Å². The minimum Gasteiger partial charge on any atom is -0.386 e. The number of halogens is 1. The summed E-state index contributed by atoms with van der Waals surface area (Å²) in [6, 6.07) is 16.5. The van der Waals surface area contributed by atoms with E-state index in [0.29, 0.717) is 16.9 Å². The number of nitro groups is 1. The van der Waals surface area contributed by atoms with E-state index in [9.17, 15) is 24.8 Å². The number of non-ortho nitro benzene ring substituents is 1. The molecule has 0 saturated carbocycles. The summed E-state index contributed by atoms with van der Waals surface area (Å²) in [5.74, 6) is -1.55. The van der Waals surface area contributed by atoms with Crippen molar-refractivity contribution in [1.29, 1.82) is 0 Å². The van der Waals surface area contributed by atoms with E-state index in [2.05, 4.69) is 26.3 Å². The third-order valence-corrected chi connectivity index (χ3v) is 6.99. The first-order chi connectivity index (χ1) is 17.8. The zero-order valence-corrected chi connectivity index (χ0v) is 20.9. The van der Waals surface area contributed by atoms with Gasteiger partial charge in [-0.3, -0.25) is 29.6 Å². The van der Waals surface area contributed by atoms with Gasteiger partial charge in [0, 0.05) is 28.5 Å². The highest BCUT2D eigenvalue weighted by molar-refractivity contribution is 9.10. The molecular formula is C26H22BrN5O5. The fraction of sp³-hybridized carbons (Fsp3) is 0.192. The van der Waals surface area contributed by atoms with Crippen molar-refractivity contribution in [3.8, 4) is 0 Å². The van der Waals surface area contributed by atoms with E-state index < -0.39 is 34.9 Å². The summed E-state index contributed by atoms with van der Waals surface area (Å²) in [6.07, 6.45) is 3.94. The van der Waals surface area contributed by atoms with Crippen LogP contribution in [0.25, 0.3) is 0 Å². The number of anilines is 1. The van der Waals surface area contributed by atoms with Crippen LogP contribution in [0.15, 0.2) is 89.6 Å². The Morgan fingerprint density at radius 3 is 2.41 bits per heavy atom. The maximum Gasteiger partial charge on any atom is 0.269 e. The number of aromatic nitrogens is 1. The number of hydrazine groups is 1. The average molecular weight is 564 g/mol. The first-order valence-electron chi connectivity index (χ1n) is 11.5. The van der Waals surface area contributed by atoms with Gasteiger partial charge in [0.1, 0.15) is 6.04 Å². The summed E-state index contributed by atoms with van der Waals surface area (Å²) >= 11 is 3.39. The molecule has 2 aliphatic rings. The molecule has 0 aliphatic carbocycles. The van der Waals surface area contributed by atoms with Gasteiger partial charge in [-0.1, -0.05) is 46.3 Å². The zero-order valence-electron chi connectivity index (χ0n) is 19.3. The topological polar surface area (TPSA) is 129 Å². The van der Waals surface area contributed by atoms with Gasteiger partial charge in [0.2, 0.25) is 11.8 Å². The SMILES string of the molecule is O=C1C2C=CC([C@H](O)c3ccc(Br)cc3)N(Nc3ccc([N+](=O)[O-])cc3)C2C(=O)N1Cc1ccccn1. The molecular weight excluding hydrogens is 542 g/mol. The van der Waals surface area contributed by atoms with Crippen LogP contribution in [0.3, 0.4) is 0 Å². The number of amides is 2. The lowest BCUT2D eigenvalue weighted by molar-refractivity contribution is -0.384. The van der Waals surface area contributed by atoms with Crippen LogP contribution in [-0.2, 0) is 16.1 Å². The second kappa shape index (κ2) is 10.2. The van der Waals surface area contributed by atoms with E-state index in [-0.39, 0.29) is 18.1 Å². The number of hydrogen-bond acceptors (Lipinski definition) is 8. The molecule has 37 heavy (non-hydrogen) atoms. The number of carbonyl (C=O) groups excluding carboxylic acids is 2. The molecule has 1 saturated heterocycles. The van der Waals surface area contributed by atoms with Crippen LogP contribution < -0.4 is 5.43 Å². The quantitative estimate of drug-likeness (QED) is 0.193. The van der Waals surface area contributed by atoms with Crippen LogP contribution in [0.2, 0.25) is 0 Å². The van der Waals surface area contributed by atoms with Gasteiger partial charge < -0.3 is 10.5 Å². The molecule has 2 aromatic carbocycles. The zero-order chi connectivity index (χ0) is 26.1. The van der Waals surface area contributed by atoms with Crippen LogP contribution >= 0.6 is 15.9 Å². The van der Waals surface area contributed by atoms with Crippen LogP contribution in [0.5, 0.6) is 0 Å². The number of benzene rings is 2. The molecule has 3 heterocycles. The number of aliphatic hydroxyl groups excluding tert-OH is 1. The van der Waals surface area contributed by atoms with E-state index in [1.54, 1.807) is 65.8 Å². The lowest BCUT2D eigenvalue weighted by Crippen LogP contribution is -2.55. The van der Waals surface area contributed by atoms with E-state index in [1.807, 2.05) is 0 Å². The number of nitrogens with one attached hydrogen (secondary N) is 1. The maximum atomic E-state index is 13.6. The Hall–Kier alpha value is -3.93. The number of nitro benzene ring substituents is 1. The fourth-order valence-corrected chi connectivity index (χ4v) is 4.87. The van der Waals surface area contributed by atoms with E-state index in [1.165, 1.54) is 29.2 Å². The van der Waals surface area contributed by atoms with Crippen LogP contribution in [0.4, 0.5) is 11.4 Å². The van der Waals surface area contributed by atoms with Crippen molar-refractivity contribution in [2.75, 3.05) is 5.43 Å². The van der Waals surface area contributed by atoms with Crippen LogP contribution in [0.1, 0.15) is 17.4 Å². The highest BCUT2D eigenvalue weighted by atomic mass is 79.9. The molecule has 1 aromatic heterocycles. The standard InChI is InChI=1S/C26H22BrN5O5/c27-17-6-4-16(5-7-17)24(33)22-13-12-21-23(31(22)29-18-8-10-20(11-9-18)32(36)37)26(35)30(25(21)34)15-19-3-1-2-14-28-19/h1-14,21-24,29,33H,15H2/t21?,22?,23?,24-/m1/s1. The molecule has 2 aliphatic heterocycles. The number of imide groups is 1. The predicted octanol–water partition coefficient (Wildman–Crippen LogP) is 3.61. The summed E-state index contributed by atoms with van der Waals surface area (Å²) in [7, 11) is 0. The van der Waals surface area contributed by atoms with Gasteiger partial charge in [-0.15, -0.1) is 0 Å². The van der Waals surface area contributed by atoms with Crippen molar-refractivity contribution in [3.05, 3.63) is 111 Å². The van der Waals surface area contributed by atoms with E-state index in [0.717, 1.165) is 4.47 Å². The number of aliphatic hydroxyl groups is 1. The number of fused-ring (bicyclic) bond motifs is 1. The minimum atomic E-state index is -1.04. The maximum absolute atomic E-state index is 13.6. The molecule has 11 heteroatoms. The molecule has 2 amide bonds. The van der Waals surface area contributed by atoms with Gasteiger partial charge in [0.25, 0.3) is 5.69 Å². The third-order valence-electron chi connectivity index (χ3n) is 6.46. The highest BCUT2D eigenvalue weighted by Gasteiger charge is 2.53. The monoisotopic (exact) mass is 563 g/mol. The van der Waals surface area contributed by atoms with Gasteiger partial charge in [0.05, 0.1) is 35.2 Å². The Bertz CT molecular complexity index is 1350. The number of rotatable bonds is 7. The number of likely N-dealkylation sites (tertiary alicyclic amines) is 1. The summed E-state index contributed by atoms with van der Waals surface area (Å²) in [4.78, 5) is 42.9. The van der Waals surface area contributed by atoms with Crippen molar-refractivity contribution < 1.29 is 19.6 Å². The Balaban J connectivity index is 1.49. The van der Waals surface area contributed by atoms with Gasteiger partial charge in [-0.2, -0.15) is 0 Å². The minimum absolute atomic E-state index is 0.0324. The average Bonchev–Trinajstić information content (AvgIpc) is 3.15. The Morgan fingerprint density at radius 2 is 1.76 bits per heavy atom.